The summed E-state index contributed by atoms with van der Waals surface area (Å²) in [4.78, 5) is 11.2. The first-order valence-corrected chi connectivity index (χ1v) is 5.30. The van der Waals surface area contributed by atoms with E-state index in [9.17, 15) is 22.4 Å². The van der Waals surface area contributed by atoms with Crippen LogP contribution in [0.5, 0.6) is 0 Å². The molecule has 0 atom stereocenters. The predicted octanol–water partition coefficient (Wildman–Crippen LogP) is 3.78. The van der Waals surface area contributed by atoms with E-state index in [0.717, 1.165) is 0 Å². The summed E-state index contributed by atoms with van der Waals surface area (Å²) in [5.41, 5.74) is -1.86. The van der Waals surface area contributed by atoms with Crippen molar-refractivity contribution in [3.8, 4) is 0 Å². The molecule has 0 aliphatic rings. The van der Waals surface area contributed by atoms with Gasteiger partial charge in [-0.05, 0) is 35.0 Å². The summed E-state index contributed by atoms with van der Waals surface area (Å²) >= 11 is 2.63. The molecule has 0 bridgehead atoms. The number of rotatable bonds is 2. The molecule has 1 aromatic rings. The molecule has 0 N–H and O–H groups in total. The van der Waals surface area contributed by atoms with Gasteiger partial charge < -0.3 is 4.74 Å². The highest BCUT2D eigenvalue weighted by molar-refractivity contribution is 9.10. The Morgan fingerprint density at radius 1 is 1.41 bits per heavy atom. The van der Waals surface area contributed by atoms with Crippen LogP contribution in [0, 0.1) is 5.82 Å². The van der Waals surface area contributed by atoms with Crippen LogP contribution < -0.4 is 0 Å². The molecule has 0 unspecified atom stereocenters. The average molecular weight is 315 g/mol. The number of esters is 1. The van der Waals surface area contributed by atoms with Crippen molar-refractivity contribution in [2.45, 2.75) is 13.1 Å². The van der Waals surface area contributed by atoms with Crippen molar-refractivity contribution in [2.75, 3.05) is 6.61 Å². The summed E-state index contributed by atoms with van der Waals surface area (Å²) in [5, 5.41) is 0. The molecule has 0 fully saturated rings. The van der Waals surface area contributed by atoms with Crippen LogP contribution in [0.15, 0.2) is 16.6 Å². The quantitative estimate of drug-likeness (QED) is 0.613. The van der Waals surface area contributed by atoms with E-state index in [1.165, 1.54) is 6.92 Å². The zero-order chi connectivity index (χ0) is 13.2. The van der Waals surface area contributed by atoms with Gasteiger partial charge >= 0.3 is 12.1 Å². The molecule has 1 rings (SSSR count). The molecule has 2 nitrogen and oxygen atoms in total. The third-order valence-corrected chi connectivity index (χ3v) is 2.43. The van der Waals surface area contributed by atoms with Gasteiger partial charge in [0, 0.05) is 0 Å². The van der Waals surface area contributed by atoms with Crippen molar-refractivity contribution in [1.29, 1.82) is 0 Å². The summed E-state index contributed by atoms with van der Waals surface area (Å²) in [6.07, 6.45) is -4.66. The van der Waals surface area contributed by atoms with Crippen LogP contribution in [-0.4, -0.2) is 12.6 Å². The van der Waals surface area contributed by atoms with Gasteiger partial charge in [0.1, 0.15) is 0 Å². The minimum Gasteiger partial charge on any atom is -0.462 e. The highest BCUT2D eigenvalue weighted by Crippen LogP contribution is 2.33. The van der Waals surface area contributed by atoms with E-state index in [1.54, 1.807) is 0 Å². The SMILES string of the molecule is CCOC(=O)c1cc(C(F)(F)F)cc(Br)c1F. The van der Waals surface area contributed by atoms with Gasteiger partial charge in [0.15, 0.2) is 5.82 Å². The lowest BCUT2D eigenvalue weighted by atomic mass is 10.1. The third-order valence-electron chi connectivity index (χ3n) is 1.85. The second-order valence-corrected chi connectivity index (χ2v) is 3.89. The molecule has 0 saturated heterocycles. The maximum Gasteiger partial charge on any atom is 0.416 e. The Morgan fingerprint density at radius 3 is 2.47 bits per heavy atom. The smallest absolute Gasteiger partial charge is 0.416 e. The summed E-state index contributed by atoms with van der Waals surface area (Å²) in [6, 6.07) is 0.996. The molecule has 0 aromatic heterocycles. The van der Waals surface area contributed by atoms with Crippen molar-refractivity contribution in [1.82, 2.24) is 0 Å². The van der Waals surface area contributed by atoms with Gasteiger partial charge in [-0.15, -0.1) is 0 Å². The predicted molar refractivity (Wildman–Crippen MR) is 55.1 cm³/mol. The lowest BCUT2D eigenvalue weighted by Crippen LogP contribution is -2.12. The van der Waals surface area contributed by atoms with E-state index >= 15 is 0 Å². The number of hydrogen-bond donors (Lipinski definition) is 0. The Balaban J connectivity index is 3.30. The molecule has 94 valence electrons. The van der Waals surface area contributed by atoms with Crippen LogP contribution >= 0.6 is 15.9 Å². The Labute approximate surface area is 103 Å². The molecular formula is C10H7BrF4O2. The standard InChI is InChI=1S/C10H7BrF4O2/c1-2-17-9(16)6-3-5(10(13,14)15)4-7(11)8(6)12/h3-4H,2H2,1H3. The minimum absolute atomic E-state index is 0.0495. The van der Waals surface area contributed by atoms with Gasteiger partial charge in [0.2, 0.25) is 0 Å². The van der Waals surface area contributed by atoms with E-state index in [2.05, 4.69) is 20.7 Å². The van der Waals surface area contributed by atoms with Gasteiger partial charge in [-0.1, -0.05) is 0 Å². The molecule has 0 aliphatic heterocycles. The van der Waals surface area contributed by atoms with E-state index < -0.39 is 33.6 Å². The van der Waals surface area contributed by atoms with E-state index in [4.69, 9.17) is 0 Å². The van der Waals surface area contributed by atoms with Crippen LogP contribution in [0.4, 0.5) is 17.6 Å². The van der Waals surface area contributed by atoms with E-state index in [1.807, 2.05) is 0 Å². The molecule has 0 heterocycles. The molecule has 0 amide bonds. The summed E-state index contributed by atoms with van der Waals surface area (Å²) in [7, 11) is 0. The maximum atomic E-state index is 13.4. The minimum atomic E-state index is -4.66. The topological polar surface area (TPSA) is 26.3 Å². The number of hydrogen-bond acceptors (Lipinski definition) is 2. The number of benzene rings is 1. The molecule has 0 spiro atoms. The van der Waals surface area contributed by atoms with Gasteiger partial charge in [-0.2, -0.15) is 13.2 Å². The fraction of sp³-hybridized carbons (Fsp3) is 0.300. The highest BCUT2D eigenvalue weighted by Gasteiger charge is 2.33. The molecular weight excluding hydrogens is 308 g/mol. The lowest BCUT2D eigenvalue weighted by molar-refractivity contribution is -0.137. The van der Waals surface area contributed by atoms with Gasteiger partial charge in [-0.3, -0.25) is 0 Å². The zero-order valence-electron chi connectivity index (χ0n) is 8.57. The van der Waals surface area contributed by atoms with Crippen LogP contribution in [-0.2, 0) is 10.9 Å². The number of carbonyl (C=O) groups is 1. The first-order chi connectivity index (χ1) is 7.77. The van der Waals surface area contributed by atoms with Crippen LogP contribution in [0.25, 0.3) is 0 Å². The third kappa shape index (κ3) is 3.18. The van der Waals surface area contributed by atoms with Gasteiger partial charge in [0.25, 0.3) is 0 Å². The normalized spacial score (nSPS) is 11.4. The lowest BCUT2D eigenvalue weighted by Gasteiger charge is -2.10. The molecule has 1 aromatic carbocycles. The maximum absolute atomic E-state index is 13.4. The fourth-order valence-corrected chi connectivity index (χ4v) is 1.57. The van der Waals surface area contributed by atoms with E-state index in [-0.39, 0.29) is 6.61 Å². The Bertz CT molecular complexity index is 443. The largest absolute Gasteiger partial charge is 0.462 e. The Kier molecular flexibility index (Phi) is 4.13. The Hall–Kier alpha value is -1.11. The van der Waals surface area contributed by atoms with Crippen molar-refractivity contribution < 1.29 is 27.1 Å². The number of halogens is 5. The summed E-state index contributed by atoms with van der Waals surface area (Å²) in [6.45, 7) is 1.42. The number of carbonyl (C=O) groups excluding carboxylic acids is 1. The first-order valence-electron chi connectivity index (χ1n) is 4.50. The molecule has 7 heteroatoms. The second kappa shape index (κ2) is 5.03. The monoisotopic (exact) mass is 314 g/mol. The second-order valence-electron chi connectivity index (χ2n) is 3.04. The molecule has 0 aliphatic carbocycles. The average Bonchev–Trinajstić information content (AvgIpc) is 2.20. The van der Waals surface area contributed by atoms with Crippen molar-refractivity contribution in [3.63, 3.8) is 0 Å². The van der Waals surface area contributed by atoms with Crippen LogP contribution in [0.2, 0.25) is 0 Å². The van der Waals surface area contributed by atoms with Gasteiger partial charge in [0.05, 0.1) is 22.2 Å². The first kappa shape index (κ1) is 14.0. The van der Waals surface area contributed by atoms with Crippen LogP contribution in [0.1, 0.15) is 22.8 Å². The summed E-state index contributed by atoms with van der Waals surface area (Å²) < 4.78 is 54.8. The van der Waals surface area contributed by atoms with Crippen molar-refractivity contribution in [2.24, 2.45) is 0 Å². The van der Waals surface area contributed by atoms with Crippen molar-refractivity contribution >= 4 is 21.9 Å². The number of alkyl halides is 3. The zero-order valence-corrected chi connectivity index (χ0v) is 10.2. The van der Waals surface area contributed by atoms with Gasteiger partial charge in [-0.25, -0.2) is 9.18 Å². The number of ether oxygens (including phenoxy) is 1. The Morgan fingerprint density at radius 2 is 2.00 bits per heavy atom. The van der Waals surface area contributed by atoms with Crippen LogP contribution in [0.3, 0.4) is 0 Å². The highest BCUT2D eigenvalue weighted by atomic mass is 79.9. The summed E-state index contributed by atoms with van der Waals surface area (Å²) in [5.74, 6) is -2.20. The fourth-order valence-electron chi connectivity index (χ4n) is 1.11. The molecule has 17 heavy (non-hydrogen) atoms. The molecule has 0 radical (unpaired) electrons. The van der Waals surface area contributed by atoms with Crippen molar-refractivity contribution in [3.05, 3.63) is 33.5 Å². The van der Waals surface area contributed by atoms with E-state index in [0.29, 0.717) is 12.1 Å². The molecule has 0 saturated carbocycles.